The zero-order chi connectivity index (χ0) is 15.6. The fourth-order valence-corrected chi connectivity index (χ4v) is 4.47. The summed E-state index contributed by atoms with van der Waals surface area (Å²) >= 11 is 3.34. The van der Waals surface area contributed by atoms with Gasteiger partial charge in [0.2, 0.25) is 10.0 Å². The van der Waals surface area contributed by atoms with Crippen LogP contribution in [0.15, 0.2) is 27.6 Å². The van der Waals surface area contributed by atoms with Gasteiger partial charge in [0, 0.05) is 17.6 Å². The molecule has 2 atom stereocenters. The highest BCUT2D eigenvalue weighted by Crippen LogP contribution is 2.31. The van der Waals surface area contributed by atoms with Crippen LogP contribution >= 0.6 is 15.9 Å². The molecule has 7 heteroatoms. The second-order valence-corrected chi connectivity index (χ2v) is 7.93. The first-order valence-corrected chi connectivity index (χ1v) is 9.16. The molecule has 0 saturated carbocycles. The first kappa shape index (κ1) is 16.7. The van der Waals surface area contributed by atoms with E-state index in [0.717, 1.165) is 4.47 Å². The predicted octanol–water partition coefficient (Wildman–Crippen LogP) is 2.65. The summed E-state index contributed by atoms with van der Waals surface area (Å²) in [6.07, 6.45) is -0.232. The summed E-state index contributed by atoms with van der Waals surface area (Å²) in [4.78, 5) is 0.203. The van der Waals surface area contributed by atoms with Crippen LogP contribution in [0.3, 0.4) is 0 Å². The van der Waals surface area contributed by atoms with Crippen LogP contribution in [0, 0.1) is 0 Å². The molecular weight excluding hydrogens is 358 g/mol. The van der Waals surface area contributed by atoms with Crippen LogP contribution in [0.5, 0.6) is 5.75 Å². The lowest BCUT2D eigenvalue weighted by Gasteiger charge is -2.34. The van der Waals surface area contributed by atoms with Crippen molar-refractivity contribution in [1.29, 1.82) is 0 Å². The minimum Gasteiger partial charge on any atom is -0.492 e. The quantitative estimate of drug-likeness (QED) is 0.809. The Bertz CT molecular complexity index is 595. The maximum atomic E-state index is 12.9. The van der Waals surface area contributed by atoms with E-state index in [2.05, 4.69) is 15.9 Å². The summed E-state index contributed by atoms with van der Waals surface area (Å²) in [7, 11) is -3.59. The molecule has 1 aliphatic rings. The third kappa shape index (κ3) is 3.77. The predicted molar refractivity (Wildman–Crippen MR) is 84.1 cm³/mol. The van der Waals surface area contributed by atoms with Gasteiger partial charge in [-0.2, -0.15) is 4.31 Å². The van der Waals surface area contributed by atoms with Crippen molar-refractivity contribution in [2.45, 2.75) is 37.9 Å². The van der Waals surface area contributed by atoms with Gasteiger partial charge >= 0.3 is 0 Å². The second kappa shape index (κ2) is 6.64. The minimum atomic E-state index is -3.59. The Balaban J connectivity index is 2.39. The highest BCUT2D eigenvalue weighted by Gasteiger charge is 2.34. The van der Waals surface area contributed by atoms with Crippen LogP contribution in [0.4, 0.5) is 0 Å². The van der Waals surface area contributed by atoms with Gasteiger partial charge in [-0.05, 0) is 39.0 Å². The molecule has 1 saturated heterocycles. The molecule has 1 aliphatic heterocycles. The van der Waals surface area contributed by atoms with Gasteiger partial charge in [-0.3, -0.25) is 0 Å². The number of benzene rings is 1. The summed E-state index contributed by atoms with van der Waals surface area (Å²) in [5.74, 6) is 0.374. The van der Waals surface area contributed by atoms with Gasteiger partial charge < -0.3 is 9.47 Å². The molecule has 5 nitrogen and oxygen atoms in total. The van der Waals surface area contributed by atoms with Gasteiger partial charge in [-0.25, -0.2) is 8.42 Å². The number of ether oxygens (including phenoxy) is 2. The highest BCUT2D eigenvalue weighted by molar-refractivity contribution is 9.10. The van der Waals surface area contributed by atoms with E-state index in [9.17, 15) is 8.42 Å². The summed E-state index contributed by atoms with van der Waals surface area (Å²) < 4.78 is 39.1. The van der Waals surface area contributed by atoms with Crippen LogP contribution in [0.25, 0.3) is 0 Å². The Morgan fingerprint density at radius 3 is 2.52 bits per heavy atom. The normalized spacial score (nSPS) is 24.0. The molecule has 2 rings (SSSR count). The average molecular weight is 378 g/mol. The van der Waals surface area contributed by atoms with Gasteiger partial charge in [0.15, 0.2) is 0 Å². The molecule has 0 radical (unpaired) electrons. The Hall–Kier alpha value is -0.630. The Kier molecular flexibility index (Phi) is 5.29. The van der Waals surface area contributed by atoms with E-state index in [0.29, 0.717) is 25.4 Å². The fraction of sp³-hybridized carbons (Fsp3) is 0.571. The Labute approximate surface area is 134 Å². The lowest BCUT2D eigenvalue weighted by molar-refractivity contribution is -0.0441. The maximum absolute atomic E-state index is 12.9. The van der Waals surface area contributed by atoms with E-state index in [1.165, 1.54) is 4.31 Å². The molecule has 0 N–H and O–H groups in total. The minimum absolute atomic E-state index is 0.116. The lowest BCUT2D eigenvalue weighted by Crippen LogP contribution is -2.48. The largest absolute Gasteiger partial charge is 0.492 e. The zero-order valence-corrected chi connectivity index (χ0v) is 14.8. The molecule has 0 aliphatic carbocycles. The van der Waals surface area contributed by atoms with Crippen molar-refractivity contribution in [3.05, 3.63) is 22.7 Å². The van der Waals surface area contributed by atoms with E-state index in [1.807, 2.05) is 20.8 Å². The van der Waals surface area contributed by atoms with Crippen LogP contribution in [-0.2, 0) is 14.8 Å². The number of halogens is 1. The number of nitrogens with zero attached hydrogens (tertiary/aromatic N) is 1. The molecule has 1 aromatic carbocycles. The van der Waals surface area contributed by atoms with Gasteiger partial charge in [-0.15, -0.1) is 0 Å². The van der Waals surface area contributed by atoms with Gasteiger partial charge in [0.05, 0.1) is 18.8 Å². The highest BCUT2D eigenvalue weighted by atomic mass is 79.9. The number of sulfonamides is 1. The first-order chi connectivity index (χ1) is 9.84. The van der Waals surface area contributed by atoms with Crippen LogP contribution in [0.2, 0.25) is 0 Å². The first-order valence-electron chi connectivity index (χ1n) is 6.92. The van der Waals surface area contributed by atoms with E-state index >= 15 is 0 Å². The molecule has 0 unspecified atom stereocenters. The third-order valence-electron chi connectivity index (χ3n) is 3.21. The summed E-state index contributed by atoms with van der Waals surface area (Å²) in [5.41, 5.74) is 0. The average Bonchev–Trinajstić information content (AvgIpc) is 2.37. The van der Waals surface area contributed by atoms with Gasteiger partial charge in [-0.1, -0.05) is 15.9 Å². The van der Waals surface area contributed by atoms with E-state index in [4.69, 9.17) is 9.47 Å². The smallest absolute Gasteiger partial charge is 0.246 e. The van der Waals surface area contributed by atoms with Crippen molar-refractivity contribution in [3.63, 3.8) is 0 Å². The number of hydrogen-bond donors (Lipinski definition) is 0. The van der Waals surface area contributed by atoms with Crippen molar-refractivity contribution in [2.24, 2.45) is 0 Å². The fourth-order valence-electron chi connectivity index (χ4n) is 2.43. The topological polar surface area (TPSA) is 55.8 Å². The van der Waals surface area contributed by atoms with Crippen LogP contribution < -0.4 is 4.74 Å². The second-order valence-electron chi connectivity index (χ2n) is 5.10. The van der Waals surface area contributed by atoms with E-state index < -0.39 is 10.0 Å². The lowest BCUT2D eigenvalue weighted by atomic mass is 10.3. The van der Waals surface area contributed by atoms with Crippen LogP contribution in [0.1, 0.15) is 20.8 Å². The van der Waals surface area contributed by atoms with E-state index in [1.54, 1.807) is 18.2 Å². The van der Waals surface area contributed by atoms with Crippen molar-refractivity contribution >= 4 is 26.0 Å². The molecule has 1 aromatic rings. The number of hydrogen-bond acceptors (Lipinski definition) is 4. The molecule has 0 bridgehead atoms. The third-order valence-corrected chi connectivity index (χ3v) is 5.57. The van der Waals surface area contributed by atoms with E-state index in [-0.39, 0.29) is 17.1 Å². The van der Waals surface area contributed by atoms with Crippen LogP contribution in [-0.4, -0.2) is 44.6 Å². The van der Waals surface area contributed by atoms with Crippen molar-refractivity contribution in [3.8, 4) is 5.75 Å². The molecule has 1 heterocycles. The molecule has 0 spiro atoms. The number of morpholine rings is 1. The molecule has 0 amide bonds. The van der Waals surface area contributed by atoms with Crippen molar-refractivity contribution in [1.82, 2.24) is 4.31 Å². The zero-order valence-electron chi connectivity index (χ0n) is 12.4. The Morgan fingerprint density at radius 1 is 1.33 bits per heavy atom. The standard InChI is InChI=1S/C14H20BrNO4S/c1-4-19-13-7-12(15)5-6-14(13)21(17,18)16-8-10(2)20-11(3)9-16/h5-7,10-11H,4,8-9H2,1-3H3/t10-,11-/m1/s1. The summed E-state index contributed by atoms with van der Waals surface area (Å²) in [5, 5.41) is 0. The van der Waals surface area contributed by atoms with Crippen molar-refractivity contribution in [2.75, 3.05) is 19.7 Å². The molecular formula is C14H20BrNO4S. The molecule has 118 valence electrons. The maximum Gasteiger partial charge on any atom is 0.246 e. The SMILES string of the molecule is CCOc1cc(Br)ccc1S(=O)(=O)N1C[C@@H](C)O[C@H](C)C1. The molecule has 1 fully saturated rings. The summed E-state index contributed by atoms with van der Waals surface area (Å²) in [6, 6.07) is 4.97. The molecule has 21 heavy (non-hydrogen) atoms. The van der Waals surface area contributed by atoms with Gasteiger partial charge in [0.1, 0.15) is 10.6 Å². The van der Waals surface area contributed by atoms with Gasteiger partial charge in [0.25, 0.3) is 0 Å². The number of rotatable bonds is 4. The molecule has 0 aromatic heterocycles. The monoisotopic (exact) mass is 377 g/mol. The van der Waals surface area contributed by atoms with Crippen molar-refractivity contribution < 1.29 is 17.9 Å². The Morgan fingerprint density at radius 2 is 1.95 bits per heavy atom. The summed E-state index contributed by atoms with van der Waals surface area (Å²) in [6.45, 7) is 6.71.